The largest absolute Gasteiger partial charge is 0.465 e. The first-order valence-electron chi connectivity index (χ1n) is 4.69. The van der Waals surface area contributed by atoms with E-state index in [-0.39, 0.29) is 18.6 Å². The van der Waals surface area contributed by atoms with Crippen LogP contribution in [-0.2, 0) is 14.3 Å². The molecule has 1 N–H and O–H groups in total. The number of nitrogens with one attached hydrogen (secondary N) is 1. The Bertz CT molecular complexity index is 304. The summed E-state index contributed by atoms with van der Waals surface area (Å²) in [5.74, 6) is -1.66. The molecule has 15 heavy (non-hydrogen) atoms. The van der Waals surface area contributed by atoms with Crippen LogP contribution in [0, 0.1) is 5.92 Å². The first-order valence-corrected chi connectivity index (χ1v) is 5.92. The maximum Gasteiger partial charge on any atom is 0.320 e. The number of carbonyl (C=O) groups is 2. The molecule has 2 unspecified atom stereocenters. The first kappa shape index (κ1) is 12.0. The number of hydrogen-bond acceptors (Lipinski definition) is 5. The second-order valence-corrected chi connectivity index (χ2v) is 3.89. The van der Waals surface area contributed by atoms with Crippen LogP contribution in [0.15, 0.2) is 4.99 Å². The van der Waals surface area contributed by atoms with Crippen LogP contribution >= 0.6 is 11.8 Å². The molecule has 0 saturated carbocycles. The van der Waals surface area contributed by atoms with Crippen LogP contribution in [-0.4, -0.2) is 35.9 Å². The van der Waals surface area contributed by atoms with Crippen LogP contribution < -0.4 is 5.32 Å². The van der Waals surface area contributed by atoms with Gasteiger partial charge in [-0.05, 0) is 20.1 Å². The van der Waals surface area contributed by atoms with Gasteiger partial charge in [-0.25, -0.2) is 0 Å². The average Bonchev–Trinajstić information content (AvgIpc) is 2.16. The molecule has 0 fully saturated rings. The van der Waals surface area contributed by atoms with Crippen molar-refractivity contribution in [2.45, 2.75) is 19.9 Å². The van der Waals surface area contributed by atoms with E-state index in [0.29, 0.717) is 5.17 Å². The van der Waals surface area contributed by atoms with Crippen molar-refractivity contribution in [3.05, 3.63) is 0 Å². The molecular formula is C9H14N2O3S. The van der Waals surface area contributed by atoms with Crippen molar-refractivity contribution in [2.75, 3.05) is 12.9 Å². The Hall–Kier alpha value is -1.04. The summed E-state index contributed by atoms with van der Waals surface area (Å²) in [5, 5.41) is 3.11. The number of aliphatic imine (C=N–C) groups is 1. The molecular weight excluding hydrogens is 216 g/mol. The van der Waals surface area contributed by atoms with Crippen molar-refractivity contribution < 1.29 is 14.3 Å². The second-order valence-electron chi connectivity index (χ2n) is 3.10. The maximum atomic E-state index is 11.6. The van der Waals surface area contributed by atoms with Crippen molar-refractivity contribution in [1.29, 1.82) is 0 Å². The van der Waals surface area contributed by atoms with Gasteiger partial charge in [0.2, 0.25) is 5.91 Å². The van der Waals surface area contributed by atoms with Crippen LogP contribution in [0.5, 0.6) is 0 Å². The molecule has 1 rings (SSSR count). The lowest BCUT2D eigenvalue weighted by Crippen LogP contribution is -2.47. The minimum Gasteiger partial charge on any atom is -0.465 e. The molecule has 5 nitrogen and oxygen atoms in total. The topological polar surface area (TPSA) is 67.8 Å². The van der Waals surface area contributed by atoms with Crippen LogP contribution in [0.25, 0.3) is 0 Å². The molecule has 0 aliphatic carbocycles. The van der Waals surface area contributed by atoms with Gasteiger partial charge in [-0.3, -0.25) is 14.6 Å². The molecule has 0 spiro atoms. The van der Waals surface area contributed by atoms with Crippen molar-refractivity contribution in [2.24, 2.45) is 10.9 Å². The van der Waals surface area contributed by atoms with Gasteiger partial charge in [0, 0.05) is 0 Å². The molecule has 1 amide bonds. The van der Waals surface area contributed by atoms with E-state index in [9.17, 15) is 9.59 Å². The number of esters is 1. The van der Waals surface area contributed by atoms with Crippen molar-refractivity contribution in [3.8, 4) is 0 Å². The summed E-state index contributed by atoms with van der Waals surface area (Å²) in [6.07, 6.45) is 1.82. The number of rotatable bonds is 2. The van der Waals surface area contributed by atoms with E-state index in [1.165, 1.54) is 11.8 Å². The van der Waals surface area contributed by atoms with E-state index in [1.807, 2.05) is 6.26 Å². The minimum absolute atomic E-state index is 0.272. The highest BCUT2D eigenvalue weighted by atomic mass is 32.2. The first-order chi connectivity index (χ1) is 7.10. The highest BCUT2D eigenvalue weighted by molar-refractivity contribution is 8.13. The van der Waals surface area contributed by atoms with Gasteiger partial charge in [0.25, 0.3) is 0 Å². The number of ether oxygens (including phenoxy) is 1. The monoisotopic (exact) mass is 230 g/mol. The Morgan fingerprint density at radius 2 is 2.33 bits per heavy atom. The van der Waals surface area contributed by atoms with E-state index in [1.54, 1.807) is 13.8 Å². The van der Waals surface area contributed by atoms with Crippen LogP contribution in [0.2, 0.25) is 0 Å². The van der Waals surface area contributed by atoms with Gasteiger partial charge in [-0.1, -0.05) is 11.8 Å². The zero-order valence-electron chi connectivity index (χ0n) is 8.94. The van der Waals surface area contributed by atoms with Crippen molar-refractivity contribution in [1.82, 2.24) is 5.32 Å². The lowest BCUT2D eigenvalue weighted by Gasteiger charge is -2.24. The second kappa shape index (κ2) is 5.16. The molecule has 0 aromatic heterocycles. The highest BCUT2D eigenvalue weighted by Gasteiger charge is 2.37. The molecule has 0 bridgehead atoms. The van der Waals surface area contributed by atoms with Gasteiger partial charge in [0.1, 0.15) is 0 Å². The van der Waals surface area contributed by atoms with Crippen molar-refractivity contribution >= 4 is 28.8 Å². The summed E-state index contributed by atoms with van der Waals surface area (Å²) < 4.78 is 4.82. The summed E-state index contributed by atoms with van der Waals surface area (Å²) in [6.45, 7) is 3.71. The fourth-order valence-corrected chi connectivity index (χ4v) is 1.81. The Morgan fingerprint density at radius 3 is 2.80 bits per heavy atom. The molecule has 0 aromatic rings. The fourth-order valence-electron chi connectivity index (χ4n) is 1.33. The third-order valence-corrected chi connectivity index (χ3v) is 2.64. The molecule has 0 saturated heterocycles. The predicted molar refractivity (Wildman–Crippen MR) is 58.7 cm³/mol. The van der Waals surface area contributed by atoms with E-state index in [0.717, 1.165) is 0 Å². The highest BCUT2D eigenvalue weighted by Crippen LogP contribution is 2.16. The number of hydrogen-bond donors (Lipinski definition) is 1. The quantitative estimate of drug-likeness (QED) is 0.551. The molecule has 1 aliphatic heterocycles. The normalized spacial score (nSPS) is 25.5. The van der Waals surface area contributed by atoms with E-state index in [2.05, 4.69) is 10.3 Å². The third-order valence-electron chi connectivity index (χ3n) is 2.05. The van der Waals surface area contributed by atoms with Gasteiger partial charge in [-0.2, -0.15) is 0 Å². The predicted octanol–water partition coefficient (Wildman–Crippen LogP) is 0.403. The molecule has 6 heteroatoms. The summed E-state index contributed by atoms with van der Waals surface area (Å²) in [4.78, 5) is 27.2. The van der Waals surface area contributed by atoms with Crippen LogP contribution in [0.1, 0.15) is 13.8 Å². The van der Waals surface area contributed by atoms with Gasteiger partial charge in [-0.15, -0.1) is 0 Å². The third kappa shape index (κ3) is 2.71. The lowest BCUT2D eigenvalue weighted by molar-refractivity contribution is -0.152. The summed E-state index contributed by atoms with van der Waals surface area (Å²) in [7, 11) is 0. The lowest BCUT2D eigenvalue weighted by atomic mass is 10.00. The molecule has 2 atom stereocenters. The molecule has 0 radical (unpaired) electrons. The summed E-state index contributed by atoms with van der Waals surface area (Å²) in [6, 6.07) is -0.361. The zero-order chi connectivity index (χ0) is 11.4. The number of carbonyl (C=O) groups excluding carboxylic acids is 2. The van der Waals surface area contributed by atoms with Crippen LogP contribution in [0.3, 0.4) is 0 Å². The van der Waals surface area contributed by atoms with Crippen LogP contribution in [0.4, 0.5) is 0 Å². The van der Waals surface area contributed by atoms with Gasteiger partial charge in [0.05, 0.1) is 12.6 Å². The Labute approximate surface area is 92.7 Å². The molecule has 1 aliphatic rings. The Kier molecular flexibility index (Phi) is 4.14. The van der Waals surface area contributed by atoms with E-state index >= 15 is 0 Å². The Balaban J connectivity index is 2.79. The number of nitrogens with zero attached hydrogens (tertiary/aromatic N) is 1. The fraction of sp³-hybridized carbons (Fsp3) is 0.667. The zero-order valence-corrected chi connectivity index (χ0v) is 9.76. The van der Waals surface area contributed by atoms with Crippen molar-refractivity contribution in [3.63, 3.8) is 0 Å². The smallest absolute Gasteiger partial charge is 0.320 e. The van der Waals surface area contributed by atoms with Gasteiger partial charge >= 0.3 is 5.97 Å². The van der Waals surface area contributed by atoms with E-state index < -0.39 is 11.9 Å². The standard InChI is InChI=1S/C9H14N2O3S/c1-4-14-8(13)6-5(2)10-9(15-3)11-7(6)12/h5-6H,4H2,1-3H3,(H,10,11,12). The maximum absolute atomic E-state index is 11.6. The Morgan fingerprint density at radius 1 is 1.67 bits per heavy atom. The summed E-state index contributed by atoms with van der Waals surface area (Å²) >= 11 is 1.35. The average molecular weight is 230 g/mol. The summed E-state index contributed by atoms with van der Waals surface area (Å²) in [5.41, 5.74) is 0. The molecule has 84 valence electrons. The number of thioether (sulfide) groups is 1. The SMILES string of the molecule is CCOC(=O)C1C(=O)NC(SC)=NC1C. The molecule has 1 heterocycles. The van der Waals surface area contributed by atoms with E-state index in [4.69, 9.17) is 4.74 Å². The van der Waals surface area contributed by atoms with Gasteiger partial charge in [0.15, 0.2) is 11.1 Å². The molecule has 0 aromatic carbocycles. The van der Waals surface area contributed by atoms with Gasteiger partial charge < -0.3 is 10.1 Å². The number of amidine groups is 1. The number of amides is 1. The minimum atomic E-state index is -0.819.